The van der Waals surface area contributed by atoms with Gasteiger partial charge in [-0.2, -0.15) is 0 Å². The maximum atomic E-state index is 13.2. The fourth-order valence-electron chi connectivity index (χ4n) is 4.00. The third-order valence-electron chi connectivity index (χ3n) is 6.31. The van der Waals surface area contributed by atoms with Gasteiger partial charge in [0, 0.05) is 26.7 Å². The zero-order valence-corrected chi connectivity index (χ0v) is 22.9. The number of hydrogen-bond donors (Lipinski definition) is 1. The minimum atomic E-state index is -0.909. The second-order valence-electron chi connectivity index (χ2n) is 8.98. The van der Waals surface area contributed by atoms with E-state index in [2.05, 4.69) is 12.2 Å². The molecule has 0 saturated carbocycles. The first kappa shape index (κ1) is 30.1. The van der Waals surface area contributed by atoms with Crippen LogP contribution in [0.25, 0.3) is 0 Å². The number of amides is 1. The minimum Gasteiger partial charge on any atom is -0.497 e. The van der Waals surface area contributed by atoms with Crippen LogP contribution in [0.15, 0.2) is 42.5 Å². The summed E-state index contributed by atoms with van der Waals surface area (Å²) >= 11 is 0. The van der Waals surface area contributed by atoms with Gasteiger partial charge in [0.2, 0.25) is 5.91 Å². The van der Waals surface area contributed by atoms with Crippen molar-refractivity contribution in [1.82, 2.24) is 0 Å². The lowest BCUT2D eigenvalue weighted by Gasteiger charge is -2.21. The molecule has 2 aromatic rings. The predicted octanol–water partition coefficient (Wildman–Crippen LogP) is 5.78. The predicted molar refractivity (Wildman–Crippen MR) is 143 cm³/mol. The number of nitrogens with one attached hydrogen (secondary N) is 1. The largest absolute Gasteiger partial charge is 0.497 e. The summed E-state index contributed by atoms with van der Waals surface area (Å²) < 4.78 is 27.7. The number of benzene rings is 2. The number of carbonyl (C=O) groups excluding carboxylic acids is 2. The van der Waals surface area contributed by atoms with Gasteiger partial charge in [-0.05, 0) is 43.5 Å². The summed E-state index contributed by atoms with van der Waals surface area (Å²) in [6, 6.07) is 12.9. The molecule has 0 radical (unpaired) electrons. The molecule has 0 aromatic heterocycles. The Hall–Kier alpha value is -3.10. The molecule has 1 N–H and O–H groups in total. The first-order valence-corrected chi connectivity index (χ1v) is 12.7. The molecule has 0 bridgehead atoms. The molecule has 37 heavy (non-hydrogen) atoms. The summed E-state index contributed by atoms with van der Waals surface area (Å²) in [4.78, 5) is 25.5. The Kier molecular flexibility index (Phi) is 12.9. The number of ether oxygens (including phenoxy) is 5. The van der Waals surface area contributed by atoms with Gasteiger partial charge >= 0.3 is 5.97 Å². The molecule has 8 heteroatoms. The summed E-state index contributed by atoms with van der Waals surface area (Å²) in [6.45, 7) is 4.07. The van der Waals surface area contributed by atoms with Crippen molar-refractivity contribution < 1.29 is 33.3 Å². The van der Waals surface area contributed by atoms with E-state index in [-0.39, 0.29) is 12.2 Å². The molecule has 0 spiro atoms. The van der Waals surface area contributed by atoms with Gasteiger partial charge in [-0.25, -0.2) is 0 Å². The van der Waals surface area contributed by atoms with Gasteiger partial charge in [0.25, 0.3) is 0 Å². The molecular formula is C29H41NO7. The SMILES string of the molecule is CCCCCC(C(=O)Nc1cc(OC)ccc1Oc1ccccc1CC(CC(C)OC)OC)C(=O)OC. The Morgan fingerprint density at radius 3 is 2.35 bits per heavy atom. The number of methoxy groups -OCH3 is 4. The van der Waals surface area contributed by atoms with Gasteiger partial charge in [0.05, 0.1) is 32.1 Å². The second-order valence-corrected chi connectivity index (χ2v) is 8.98. The number of esters is 1. The van der Waals surface area contributed by atoms with E-state index in [1.165, 1.54) is 7.11 Å². The van der Waals surface area contributed by atoms with Crippen molar-refractivity contribution in [1.29, 1.82) is 0 Å². The molecule has 2 aromatic carbocycles. The third kappa shape index (κ3) is 9.37. The Morgan fingerprint density at radius 1 is 0.946 bits per heavy atom. The van der Waals surface area contributed by atoms with Crippen LogP contribution in [0.4, 0.5) is 5.69 Å². The van der Waals surface area contributed by atoms with Crippen molar-refractivity contribution in [3.8, 4) is 17.2 Å². The van der Waals surface area contributed by atoms with E-state index in [1.807, 2.05) is 31.2 Å². The Bertz CT molecular complexity index is 994. The van der Waals surface area contributed by atoms with Crippen LogP contribution < -0.4 is 14.8 Å². The average molecular weight is 516 g/mol. The number of hydrogen-bond acceptors (Lipinski definition) is 7. The topological polar surface area (TPSA) is 92.3 Å². The van der Waals surface area contributed by atoms with Gasteiger partial charge in [-0.15, -0.1) is 0 Å². The zero-order chi connectivity index (χ0) is 27.2. The van der Waals surface area contributed by atoms with E-state index in [9.17, 15) is 9.59 Å². The van der Waals surface area contributed by atoms with E-state index in [4.69, 9.17) is 23.7 Å². The molecule has 0 saturated heterocycles. The van der Waals surface area contributed by atoms with E-state index in [0.29, 0.717) is 35.8 Å². The van der Waals surface area contributed by atoms with Gasteiger partial charge in [-0.3, -0.25) is 9.59 Å². The lowest BCUT2D eigenvalue weighted by molar-refractivity contribution is -0.149. The fraction of sp³-hybridized carbons (Fsp3) is 0.517. The molecule has 0 aliphatic rings. The lowest BCUT2D eigenvalue weighted by Crippen LogP contribution is -2.30. The summed E-state index contributed by atoms with van der Waals surface area (Å²) in [5.41, 5.74) is 1.36. The highest BCUT2D eigenvalue weighted by atomic mass is 16.5. The monoisotopic (exact) mass is 515 g/mol. The van der Waals surface area contributed by atoms with E-state index < -0.39 is 17.8 Å². The standard InChI is InChI=1S/C29H41NO7/c1-7-8-9-13-24(29(32)36-6)28(31)30-25-19-22(34-4)15-16-27(25)37-26-14-11-10-12-21(26)18-23(35-5)17-20(2)33-3/h10-12,14-16,19-20,23-24H,7-9,13,17-18H2,1-6H3,(H,30,31). The summed E-state index contributed by atoms with van der Waals surface area (Å²) in [7, 11) is 6.21. The van der Waals surface area contributed by atoms with Crippen LogP contribution in [0, 0.1) is 5.92 Å². The normalized spacial score (nSPS) is 13.4. The molecule has 3 atom stereocenters. The van der Waals surface area contributed by atoms with Crippen molar-refractivity contribution >= 4 is 17.6 Å². The number of rotatable bonds is 16. The fourth-order valence-corrected chi connectivity index (χ4v) is 4.00. The van der Waals surface area contributed by atoms with Crippen LogP contribution >= 0.6 is 0 Å². The minimum absolute atomic E-state index is 0.0568. The van der Waals surface area contributed by atoms with Crippen molar-refractivity contribution in [2.45, 2.75) is 64.6 Å². The van der Waals surface area contributed by atoms with Crippen molar-refractivity contribution in [3.05, 3.63) is 48.0 Å². The highest BCUT2D eigenvalue weighted by Crippen LogP contribution is 2.35. The van der Waals surface area contributed by atoms with E-state index in [1.54, 1.807) is 39.5 Å². The quantitative estimate of drug-likeness (QED) is 0.172. The molecule has 2 rings (SSSR count). The molecule has 8 nitrogen and oxygen atoms in total. The molecular weight excluding hydrogens is 474 g/mol. The number of anilines is 1. The summed E-state index contributed by atoms with van der Waals surface area (Å²) in [5.74, 6) is -0.291. The van der Waals surface area contributed by atoms with Crippen LogP contribution in [0.1, 0.15) is 51.5 Å². The van der Waals surface area contributed by atoms with Gasteiger partial charge < -0.3 is 29.0 Å². The maximum absolute atomic E-state index is 13.2. The molecule has 3 unspecified atom stereocenters. The molecule has 0 fully saturated rings. The van der Waals surface area contributed by atoms with Crippen LogP contribution in [0.2, 0.25) is 0 Å². The van der Waals surface area contributed by atoms with Crippen LogP contribution in [-0.2, 0) is 30.2 Å². The third-order valence-corrected chi connectivity index (χ3v) is 6.31. The highest BCUT2D eigenvalue weighted by molar-refractivity contribution is 6.05. The summed E-state index contributed by atoms with van der Waals surface area (Å²) in [5, 5.41) is 2.87. The number of para-hydroxylation sites is 1. The smallest absolute Gasteiger partial charge is 0.318 e. The van der Waals surface area contributed by atoms with E-state index >= 15 is 0 Å². The molecule has 0 aliphatic carbocycles. The van der Waals surface area contributed by atoms with Crippen molar-refractivity contribution in [2.24, 2.45) is 5.92 Å². The Labute approximate surface area is 220 Å². The van der Waals surface area contributed by atoms with Gasteiger partial charge in [0.15, 0.2) is 5.75 Å². The first-order chi connectivity index (χ1) is 17.9. The van der Waals surface area contributed by atoms with Crippen molar-refractivity contribution in [3.63, 3.8) is 0 Å². The highest BCUT2D eigenvalue weighted by Gasteiger charge is 2.28. The van der Waals surface area contributed by atoms with E-state index in [0.717, 1.165) is 31.2 Å². The zero-order valence-electron chi connectivity index (χ0n) is 22.9. The average Bonchev–Trinajstić information content (AvgIpc) is 2.91. The number of carbonyl (C=O) groups is 2. The lowest BCUT2D eigenvalue weighted by atomic mass is 10.00. The summed E-state index contributed by atoms with van der Waals surface area (Å²) in [6.07, 6.45) is 4.43. The molecule has 0 aliphatic heterocycles. The van der Waals surface area contributed by atoms with Crippen molar-refractivity contribution in [2.75, 3.05) is 33.8 Å². The van der Waals surface area contributed by atoms with Crippen LogP contribution in [-0.4, -0.2) is 52.5 Å². The number of unbranched alkanes of at least 4 members (excludes halogenated alkanes) is 2. The van der Waals surface area contributed by atoms with Gasteiger partial charge in [-0.1, -0.05) is 44.4 Å². The molecule has 0 heterocycles. The second kappa shape index (κ2) is 15.9. The van der Waals surface area contributed by atoms with Crippen LogP contribution in [0.3, 0.4) is 0 Å². The van der Waals surface area contributed by atoms with Crippen LogP contribution in [0.5, 0.6) is 17.2 Å². The molecule has 204 valence electrons. The molecule has 1 amide bonds. The maximum Gasteiger partial charge on any atom is 0.318 e. The van der Waals surface area contributed by atoms with Gasteiger partial charge in [0.1, 0.15) is 17.4 Å². The Morgan fingerprint density at radius 2 is 1.70 bits per heavy atom. The first-order valence-electron chi connectivity index (χ1n) is 12.7. The Balaban J connectivity index is 2.31.